The molecule has 0 bridgehead atoms. The first-order valence-electron chi connectivity index (χ1n) is 5.39. The summed E-state index contributed by atoms with van der Waals surface area (Å²) < 4.78 is 4.06. The number of nitriles is 1. The van der Waals surface area contributed by atoms with Crippen molar-refractivity contribution >= 4 is 0 Å². The van der Waals surface area contributed by atoms with Crippen molar-refractivity contribution in [3.8, 4) is 6.07 Å². The lowest BCUT2D eigenvalue weighted by atomic mass is 10.4. The van der Waals surface area contributed by atoms with Crippen molar-refractivity contribution in [2.75, 3.05) is 0 Å². The second-order valence-corrected chi connectivity index (χ2v) is 3.71. The molecule has 4 nitrogen and oxygen atoms in total. The maximum absolute atomic E-state index is 8.92. The van der Waals surface area contributed by atoms with Crippen molar-refractivity contribution in [1.82, 2.24) is 14.1 Å². The summed E-state index contributed by atoms with van der Waals surface area (Å²) in [6.45, 7) is 3.81. The molecule has 0 aliphatic rings. The van der Waals surface area contributed by atoms with Gasteiger partial charge >= 0.3 is 0 Å². The van der Waals surface area contributed by atoms with Crippen molar-refractivity contribution in [2.45, 2.75) is 26.4 Å². The summed E-state index contributed by atoms with van der Waals surface area (Å²) in [4.78, 5) is 4.14. The van der Waals surface area contributed by atoms with Gasteiger partial charge in [0.25, 0.3) is 0 Å². The van der Waals surface area contributed by atoms with E-state index in [9.17, 15) is 0 Å². The number of aromatic nitrogens is 3. The molecule has 0 saturated carbocycles. The summed E-state index contributed by atoms with van der Waals surface area (Å²) in [7, 11) is 0. The third-order valence-electron chi connectivity index (χ3n) is 2.54. The van der Waals surface area contributed by atoms with Gasteiger partial charge in [-0.3, -0.25) is 0 Å². The maximum atomic E-state index is 8.92. The minimum absolute atomic E-state index is 0.684. The van der Waals surface area contributed by atoms with E-state index in [1.807, 2.05) is 35.4 Å². The van der Waals surface area contributed by atoms with Crippen LogP contribution >= 0.6 is 0 Å². The zero-order chi connectivity index (χ0) is 11.4. The largest absolute Gasteiger partial charge is 0.333 e. The first-order chi connectivity index (χ1) is 7.85. The molecule has 82 valence electrons. The summed E-state index contributed by atoms with van der Waals surface area (Å²) in [5.74, 6) is 0. The highest BCUT2D eigenvalue weighted by Crippen LogP contribution is 2.07. The molecule has 2 aromatic heterocycles. The van der Waals surface area contributed by atoms with E-state index in [2.05, 4.69) is 22.5 Å². The average molecular weight is 214 g/mol. The quantitative estimate of drug-likeness (QED) is 0.781. The number of imidazole rings is 1. The fourth-order valence-electron chi connectivity index (χ4n) is 1.75. The van der Waals surface area contributed by atoms with Crippen molar-refractivity contribution in [2.24, 2.45) is 0 Å². The van der Waals surface area contributed by atoms with E-state index < -0.39 is 0 Å². The molecule has 0 aromatic carbocycles. The molecule has 0 amide bonds. The fraction of sp³-hybridized carbons (Fsp3) is 0.333. The molecular weight excluding hydrogens is 200 g/mol. The summed E-state index contributed by atoms with van der Waals surface area (Å²) >= 11 is 0. The molecule has 0 aliphatic carbocycles. The lowest BCUT2D eigenvalue weighted by molar-refractivity contribution is 0.623. The smallest absolute Gasteiger partial charge is 0.120 e. The maximum Gasteiger partial charge on any atom is 0.120 e. The van der Waals surface area contributed by atoms with E-state index in [1.165, 1.54) is 0 Å². The zero-order valence-corrected chi connectivity index (χ0v) is 9.30. The molecule has 0 aliphatic heterocycles. The third-order valence-corrected chi connectivity index (χ3v) is 2.54. The first kappa shape index (κ1) is 10.5. The van der Waals surface area contributed by atoms with E-state index in [0.717, 1.165) is 18.7 Å². The SMILES string of the molecule is CCCn1cncc1Cn1cccc1C#N. The summed E-state index contributed by atoms with van der Waals surface area (Å²) in [5, 5.41) is 8.92. The molecular formula is C12H14N4. The van der Waals surface area contributed by atoms with Gasteiger partial charge in [-0.15, -0.1) is 0 Å². The lowest BCUT2D eigenvalue weighted by Crippen LogP contribution is -2.07. The molecule has 2 aromatic rings. The molecule has 0 saturated heterocycles. The number of hydrogen-bond donors (Lipinski definition) is 0. The standard InChI is InChI=1S/C12H14N4/c1-2-5-16-10-14-8-12(16)9-15-6-3-4-11(15)7-13/h3-4,6,8,10H,2,5,9H2,1H3. The number of rotatable bonds is 4. The normalized spacial score (nSPS) is 10.2. The first-order valence-corrected chi connectivity index (χ1v) is 5.39. The van der Waals surface area contributed by atoms with Crippen LogP contribution in [0.5, 0.6) is 0 Å². The van der Waals surface area contributed by atoms with Crippen LogP contribution in [0.15, 0.2) is 30.9 Å². The van der Waals surface area contributed by atoms with E-state index >= 15 is 0 Å². The minimum atomic E-state index is 0.684. The molecule has 2 rings (SSSR count). The Morgan fingerprint density at radius 1 is 1.44 bits per heavy atom. The van der Waals surface area contributed by atoms with Gasteiger partial charge < -0.3 is 9.13 Å². The Bertz CT molecular complexity index is 501. The molecule has 0 radical (unpaired) electrons. The highest BCUT2D eigenvalue weighted by Gasteiger charge is 2.04. The summed E-state index contributed by atoms with van der Waals surface area (Å²) in [6.07, 6.45) is 6.70. The Morgan fingerprint density at radius 2 is 2.31 bits per heavy atom. The zero-order valence-electron chi connectivity index (χ0n) is 9.30. The molecule has 2 heterocycles. The Labute approximate surface area is 94.8 Å². The van der Waals surface area contributed by atoms with Crippen LogP contribution in [0.4, 0.5) is 0 Å². The van der Waals surface area contributed by atoms with Crippen molar-refractivity contribution in [3.63, 3.8) is 0 Å². The number of nitrogens with zero attached hydrogens (tertiary/aromatic N) is 4. The van der Waals surface area contributed by atoms with Crippen LogP contribution in [0.3, 0.4) is 0 Å². The van der Waals surface area contributed by atoms with Crippen LogP contribution in [0.25, 0.3) is 0 Å². The fourth-order valence-corrected chi connectivity index (χ4v) is 1.75. The Kier molecular flexibility index (Phi) is 3.06. The van der Waals surface area contributed by atoms with Crippen molar-refractivity contribution in [1.29, 1.82) is 5.26 Å². The number of aryl methyl sites for hydroxylation is 1. The topological polar surface area (TPSA) is 46.5 Å². The van der Waals surface area contributed by atoms with Gasteiger partial charge in [0.1, 0.15) is 11.8 Å². The van der Waals surface area contributed by atoms with Crippen LogP contribution in [-0.4, -0.2) is 14.1 Å². The van der Waals surface area contributed by atoms with E-state index in [1.54, 1.807) is 0 Å². The van der Waals surface area contributed by atoms with Gasteiger partial charge in [-0.25, -0.2) is 4.98 Å². The van der Waals surface area contributed by atoms with Crippen LogP contribution in [0.2, 0.25) is 0 Å². The molecule has 0 N–H and O–H groups in total. The minimum Gasteiger partial charge on any atom is -0.333 e. The Morgan fingerprint density at radius 3 is 3.06 bits per heavy atom. The van der Waals surface area contributed by atoms with E-state index in [0.29, 0.717) is 12.2 Å². The van der Waals surface area contributed by atoms with Gasteiger partial charge in [-0.05, 0) is 18.6 Å². The van der Waals surface area contributed by atoms with Crippen LogP contribution in [0, 0.1) is 11.3 Å². The van der Waals surface area contributed by atoms with Gasteiger partial charge in [-0.2, -0.15) is 5.26 Å². The van der Waals surface area contributed by atoms with Crippen LogP contribution < -0.4 is 0 Å². The molecule has 0 unspecified atom stereocenters. The predicted octanol–water partition coefficient (Wildman–Crippen LogP) is 2.01. The lowest BCUT2D eigenvalue weighted by Gasteiger charge is -2.08. The highest BCUT2D eigenvalue weighted by atomic mass is 15.1. The highest BCUT2D eigenvalue weighted by molar-refractivity contribution is 5.23. The molecule has 0 atom stereocenters. The third kappa shape index (κ3) is 1.98. The van der Waals surface area contributed by atoms with Gasteiger partial charge in [-0.1, -0.05) is 6.92 Å². The Balaban J connectivity index is 2.21. The van der Waals surface area contributed by atoms with Gasteiger partial charge in [0.2, 0.25) is 0 Å². The number of hydrogen-bond acceptors (Lipinski definition) is 2. The molecule has 0 spiro atoms. The van der Waals surface area contributed by atoms with Crippen LogP contribution in [0.1, 0.15) is 24.7 Å². The Hall–Kier alpha value is -2.02. The monoisotopic (exact) mass is 214 g/mol. The van der Waals surface area contributed by atoms with Gasteiger partial charge in [0.05, 0.1) is 18.6 Å². The van der Waals surface area contributed by atoms with Crippen molar-refractivity contribution in [3.05, 3.63) is 42.2 Å². The second-order valence-electron chi connectivity index (χ2n) is 3.71. The molecule has 0 fully saturated rings. The average Bonchev–Trinajstić information content (AvgIpc) is 2.89. The van der Waals surface area contributed by atoms with E-state index in [4.69, 9.17) is 5.26 Å². The second kappa shape index (κ2) is 4.67. The predicted molar refractivity (Wildman–Crippen MR) is 60.8 cm³/mol. The van der Waals surface area contributed by atoms with Gasteiger partial charge in [0, 0.05) is 18.9 Å². The summed E-state index contributed by atoms with van der Waals surface area (Å²) in [5.41, 5.74) is 1.82. The van der Waals surface area contributed by atoms with Gasteiger partial charge in [0.15, 0.2) is 0 Å². The van der Waals surface area contributed by atoms with Crippen LogP contribution in [-0.2, 0) is 13.1 Å². The van der Waals surface area contributed by atoms with Crippen molar-refractivity contribution < 1.29 is 0 Å². The summed E-state index contributed by atoms with van der Waals surface area (Å²) in [6, 6.07) is 5.88. The molecule has 4 heteroatoms. The van der Waals surface area contributed by atoms with E-state index in [-0.39, 0.29) is 0 Å². The molecule has 16 heavy (non-hydrogen) atoms.